The number of rotatable bonds is 5. The molecular weight excluding hydrogens is 294 g/mol. The van der Waals surface area contributed by atoms with Crippen molar-refractivity contribution in [1.29, 1.82) is 0 Å². The molecule has 0 radical (unpaired) electrons. The van der Waals surface area contributed by atoms with Gasteiger partial charge in [-0.05, 0) is 24.1 Å². The number of aromatic amines is 1. The second kappa shape index (κ2) is 6.13. The van der Waals surface area contributed by atoms with Gasteiger partial charge in [0.15, 0.2) is 0 Å². The van der Waals surface area contributed by atoms with E-state index in [1.165, 1.54) is 0 Å². The maximum Gasteiger partial charge on any atom is 0.123 e. The van der Waals surface area contributed by atoms with Crippen LogP contribution in [0.5, 0.6) is 0 Å². The van der Waals surface area contributed by atoms with E-state index in [1.807, 2.05) is 30.5 Å². The van der Waals surface area contributed by atoms with Crippen LogP contribution in [-0.4, -0.2) is 23.7 Å². The minimum atomic E-state index is -0.117. The van der Waals surface area contributed by atoms with Crippen molar-refractivity contribution in [2.75, 3.05) is 13.7 Å². The van der Waals surface area contributed by atoms with Gasteiger partial charge in [-0.3, -0.25) is 0 Å². The van der Waals surface area contributed by atoms with Crippen molar-refractivity contribution in [3.63, 3.8) is 0 Å². The standard InChI is InChI=1S/C13H16BrN3O/c1-18-7-6-11(15)13-16-8-12(17-13)9-2-4-10(14)5-3-9/h2-5,8,11H,6-7,15H2,1H3,(H,16,17). The molecular formula is C13H16BrN3O. The fourth-order valence-electron chi connectivity index (χ4n) is 1.68. The Kier molecular flexibility index (Phi) is 4.52. The summed E-state index contributed by atoms with van der Waals surface area (Å²) in [5.74, 6) is 0.796. The highest BCUT2D eigenvalue weighted by atomic mass is 79.9. The van der Waals surface area contributed by atoms with Gasteiger partial charge >= 0.3 is 0 Å². The highest BCUT2D eigenvalue weighted by Crippen LogP contribution is 2.21. The molecule has 0 fully saturated rings. The third-order valence-corrected chi connectivity index (χ3v) is 3.26. The molecule has 5 heteroatoms. The van der Waals surface area contributed by atoms with Crippen LogP contribution in [0.15, 0.2) is 34.9 Å². The lowest BCUT2D eigenvalue weighted by Crippen LogP contribution is -2.14. The average Bonchev–Trinajstić information content (AvgIpc) is 2.86. The lowest BCUT2D eigenvalue weighted by molar-refractivity contribution is 0.187. The Morgan fingerprint density at radius 1 is 1.39 bits per heavy atom. The fraction of sp³-hybridized carbons (Fsp3) is 0.308. The van der Waals surface area contributed by atoms with Gasteiger partial charge in [0.1, 0.15) is 5.82 Å². The quantitative estimate of drug-likeness (QED) is 0.892. The summed E-state index contributed by atoms with van der Waals surface area (Å²) in [6.45, 7) is 0.634. The van der Waals surface area contributed by atoms with E-state index >= 15 is 0 Å². The maximum absolute atomic E-state index is 6.02. The summed E-state index contributed by atoms with van der Waals surface area (Å²) in [5.41, 5.74) is 8.09. The largest absolute Gasteiger partial charge is 0.385 e. The molecule has 1 unspecified atom stereocenters. The zero-order chi connectivity index (χ0) is 13.0. The summed E-state index contributed by atoms with van der Waals surface area (Å²) >= 11 is 3.42. The van der Waals surface area contributed by atoms with Crippen LogP contribution in [0.3, 0.4) is 0 Å². The summed E-state index contributed by atoms with van der Waals surface area (Å²) in [6.07, 6.45) is 2.56. The van der Waals surface area contributed by atoms with Crippen LogP contribution in [0.25, 0.3) is 11.3 Å². The van der Waals surface area contributed by atoms with Crippen molar-refractivity contribution < 1.29 is 4.74 Å². The van der Waals surface area contributed by atoms with Crippen molar-refractivity contribution in [3.8, 4) is 11.3 Å². The lowest BCUT2D eigenvalue weighted by atomic mass is 10.2. The second-order valence-corrected chi connectivity index (χ2v) is 4.99. The monoisotopic (exact) mass is 309 g/mol. The number of H-pyrrole nitrogens is 1. The number of nitrogens with zero attached hydrogens (tertiary/aromatic N) is 1. The van der Waals surface area contributed by atoms with Crippen LogP contribution in [0.1, 0.15) is 18.3 Å². The number of hydrogen-bond donors (Lipinski definition) is 2. The van der Waals surface area contributed by atoms with Crippen LogP contribution >= 0.6 is 15.9 Å². The van der Waals surface area contributed by atoms with Gasteiger partial charge in [-0.2, -0.15) is 0 Å². The molecule has 4 nitrogen and oxygen atoms in total. The van der Waals surface area contributed by atoms with E-state index in [1.54, 1.807) is 7.11 Å². The van der Waals surface area contributed by atoms with Gasteiger partial charge in [0.25, 0.3) is 0 Å². The molecule has 0 aliphatic rings. The van der Waals surface area contributed by atoms with Gasteiger partial charge in [-0.1, -0.05) is 28.1 Å². The number of hydrogen-bond acceptors (Lipinski definition) is 3. The molecule has 1 atom stereocenters. The third-order valence-electron chi connectivity index (χ3n) is 2.73. The lowest BCUT2D eigenvalue weighted by Gasteiger charge is -2.07. The van der Waals surface area contributed by atoms with Crippen molar-refractivity contribution in [2.24, 2.45) is 5.73 Å². The van der Waals surface area contributed by atoms with Crippen LogP contribution in [-0.2, 0) is 4.74 Å². The second-order valence-electron chi connectivity index (χ2n) is 4.08. The van der Waals surface area contributed by atoms with E-state index in [9.17, 15) is 0 Å². The molecule has 0 spiro atoms. The van der Waals surface area contributed by atoms with Crippen LogP contribution in [0.4, 0.5) is 0 Å². The van der Waals surface area contributed by atoms with Gasteiger partial charge in [-0.15, -0.1) is 0 Å². The molecule has 0 amide bonds. The molecule has 1 aromatic carbocycles. The fourth-order valence-corrected chi connectivity index (χ4v) is 1.95. The molecule has 1 heterocycles. The Labute approximate surface area is 115 Å². The molecule has 96 valence electrons. The van der Waals surface area contributed by atoms with Gasteiger partial charge in [0, 0.05) is 18.2 Å². The Morgan fingerprint density at radius 3 is 2.78 bits per heavy atom. The number of methoxy groups -OCH3 is 1. The van der Waals surface area contributed by atoms with Gasteiger partial charge in [0.2, 0.25) is 0 Å². The first-order valence-corrected chi connectivity index (χ1v) is 6.55. The molecule has 0 saturated carbocycles. The number of nitrogens with one attached hydrogen (secondary N) is 1. The summed E-state index contributed by atoms with van der Waals surface area (Å²) in [7, 11) is 1.67. The Bertz CT molecular complexity index is 495. The Balaban J connectivity index is 2.12. The number of ether oxygens (including phenoxy) is 1. The zero-order valence-electron chi connectivity index (χ0n) is 10.2. The topological polar surface area (TPSA) is 63.9 Å². The summed E-state index contributed by atoms with van der Waals surface area (Å²) < 4.78 is 6.07. The van der Waals surface area contributed by atoms with E-state index in [0.29, 0.717) is 6.61 Å². The molecule has 18 heavy (non-hydrogen) atoms. The van der Waals surface area contributed by atoms with Gasteiger partial charge in [0.05, 0.1) is 17.9 Å². The van der Waals surface area contributed by atoms with Crippen LogP contribution in [0.2, 0.25) is 0 Å². The molecule has 0 aliphatic carbocycles. The first kappa shape index (κ1) is 13.3. The number of halogens is 1. The van der Waals surface area contributed by atoms with Crippen LogP contribution < -0.4 is 5.73 Å². The Hall–Kier alpha value is -1.17. The van der Waals surface area contributed by atoms with E-state index < -0.39 is 0 Å². The smallest absolute Gasteiger partial charge is 0.123 e. The van der Waals surface area contributed by atoms with Gasteiger partial charge < -0.3 is 15.5 Å². The van der Waals surface area contributed by atoms with Crippen molar-refractivity contribution in [1.82, 2.24) is 9.97 Å². The molecule has 0 bridgehead atoms. The molecule has 0 saturated heterocycles. The number of nitrogens with two attached hydrogens (primary N) is 1. The minimum absolute atomic E-state index is 0.117. The van der Waals surface area contributed by atoms with Crippen molar-refractivity contribution in [3.05, 3.63) is 40.8 Å². The third kappa shape index (κ3) is 3.19. The molecule has 1 aromatic heterocycles. The maximum atomic E-state index is 6.02. The first-order chi connectivity index (χ1) is 8.70. The van der Waals surface area contributed by atoms with E-state index in [0.717, 1.165) is 28.0 Å². The predicted octanol–water partition coefficient (Wildman–Crippen LogP) is 2.88. The summed E-state index contributed by atoms with van der Waals surface area (Å²) in [5, 5.41) is 0. The predicted molar refractivity (Wildman–Crippen MR) is 75.1 cm³/mol. The Morgan fingerprint density at radius 2 is 2.11 bits per heavy atom. The molecule has 3 N–H and O–H groups in total. The normalized spacial score (nSPS) is 12.6. The SMILES string of the molecule is COCCC(N)c1ncc(-c2ccc(Br)cc2)[nH]1. The zero-order valence-corrected chi connectivity index (χ0v) is 11.8. The van der Waals surface area contributed by atoms with Crippen LogP contribution in [0, 0.1) is 0 Å². The van der Waals surface area contributed by atoms with E-state index in [2.05, 4.69) is 25.9 Å². The number of imidazole rings is 1. The summed E-state index contributed by atoms with van der Waals surface area (Å²) in [6, 6.07) is 7.94. The minimum Gasteiger partial charge on any atom is -0.385 e. The van der Waals surface area contributed by atoms with Crippen molar-refractivity contribution in [2.45, 2.75) is 12.5 Å². The highest BCUT2D eigenvalue weighted by Gasteiger charge is 2.10. The molecule has 2 aromatic rings. The van der Waals surface area contributed by atoms with Crippen molar-refractivity contribution >= 4 is 15.9 Å². The van der Waals surface area contributed by atoms with E-state index in [-0.39, 0.29) is 6.04 Å². The number of benzene rings is 1. The van der Waals surface area contributed by atoms with E-state index in [4.69, 9.17) is 10.5 Å². The number of aromatic nitrogens is 2. The summed E-state index contributed by atoms with van der Waals surface area (Å²) in [4.78, 5) is 7.57. The highest BCUT2D eigenvalue weighted by molar-refractivity contribution is 9.10. The van der Waals surface area contributed by atoms with Gasteiger partial charge in [-0.25, -0.2) is 4.98 Å². The average molecular weight is 310 g/mol. The first-order valence-electron chi connectivity index (χ1n) is 5.76. The molecule has 0 aliphatic heterocycles. The molecule has 2 rings (SSSR count).